The predicted octanol–water partition coefficient (Wildman–Crippen LogP) is 2.36. The Morgan fingerprint density at radius 3 is 2.72 bits per heavy atom. The van der Waals surface area contributed by atoms with E-state index in [1.165, 1.54) is 0 Å². The average Bonchev–Trinajstić information content (AvgIpc) is 2.39. The summed E-state index contributed by atoms with van der Waals surface area (Å²) in [5, 5.41) is 0. The van der Waals surface area contributed by atoms with Crippen LogP contribution in [0.4, 0.5) is 0 Å². The Morgan fingerprint density at radius 2 is 1.94 bits per heavy atom. The van der Waals surface area contributed by atoms with E-state index in [-0.39, 0.29) is 11.9 Å². The molecule has 3 nitrogen and oxygen atoms in total. The molecule has 1 atom stereocenters. The van der Waals surface area contributed by atoms with E-state index in [1.54, 1.807) is 0 Å². The van der Waals surface area contributed by atoms with Gasteiger partial charge in [-0.3, -0.25) is 4.79 Å². The van der Waals surface area contributed by atoms with E-state index in [9.17, 15) is 4.79 Å². The summed E-state index contributed by atoms with van der Waals surface area (Å²) in [7, 11) is 2.15. The summed E-state index contributed by atoms with van der Waals surface area (Å²) in [5.74, 6) is 1.54. The molecule has 1 saturated heterocycles. The highest BCUT2D eigenvalue weighted by atomic mass is 16.5. The van der Waals surface area contributed by atoms with Gasteiger partial charge in [0.15, 0.2) is 5.78 Å². The minimum Gasteiger partial charge on any atom is -0.489 e. The summed E-state index contributed by atoms with van der Waals surface area (Å²) in [6.45, 7) is 2.22. The van der Waals surface area contributed by atoms with E-state index in [1.807, 2.05) is 24.3 Å². The molecule has 1 unspecified atom stereocenters. The minimum atomic E-state index is 0.0844. The fourth-order valence-electron chi connectivity index (χ4n) is 2.96. The van der Waals surface area contributed by atoms with E-state index in [2.05, 4.69) is 11.9 Å². The van der Waals surface area contributed by atoms with Crippen LogP contribution in [-0.4, -0.2) is 36.9 Å². The lowest BCUT2D eigenvalue weighted by atomic mass is 9.86. The molecule has 0 radical (unpaired) electrons. The Bertz CT molecular complexity index is 450. The first-order chi connectivity index (χ1) is 8.74. The Labute approximate surface area is 108 Å². The number of hydrogen-bond donors (Lipinski definition) is 0. The fraction of sp³-hybridized carbons (Fsp3) is 0.533. The van der Waals surface area contributed by atoms with Gasteiger partial charge in [0.05, 0.1) is 5.56 Å². The van der Waals surface area contributed by atoms with Gasteiger partial charge in [-0.15, -0.1) is 0 Å². The summed E-state index contributed by atoms with van der Waals surface area (Å²) >= 11 is 0. The standard InChI is InChI=1S/C15H19NO2/c1-16-8-6-11(7-9-16)15-10-13(17)12-4-2-3-5-14(12)18-15/h2-5,11,15H,6-10H2,1H3. The van der Waals surface area contributed by atoms with Crippen LogP contribution in [-0.2, 0) is 0 Å². The molecular formula is C15H19NO2. The SMILES string of the molecule is CN1CCC(C2CC(=O)c3ccccc3O2)CC1. The zero-order chi connectivity index (χ0) is 12.5. The van der Waals surface area contributed by atoms with Gasteiger partial charge < -0.3 is 9.64 Å². The lowest BCUT2D eigenvalue weighted by molar-refractivity contribution is 0.0572. The number of ketones is 1. The number of benzene rings is 1. The summed E-state index contributed by atoms with van der Waals surface area (Å²) in [6, 6.07) is 7.61. The molecule has 0 saturated carbocycles. The quantitative estimate of drug-likeness (QED) is 0.760. The maximum absolute atomic E-state index is 12.1. The van der Waals surface area contributed by atoms with E-state index in [4.69, 9.17) is 4.74 Å². The second kappa shape index (κ2) is 4.73. The first-order valence-electron chi connectivity index (χ1n) is 6.71. The zero-order valence-electron chi connectivity index (χ0n) is 10.8. The van der Waals surface area contributed by atoms with Crippen molar-refractivity contribution in [2.24, 2.45) is 5.92 Å². The van der Waals surface area contributed by atoms with Crippen LogP contribution < -0.4 is 4.74 Å². The molecule has 0 spiro atoms. The van der Waals surface area contributed by atoms with E-state index in [0.29, 0.717) is 12.3 Å². The van der Waals surface area contributed by atoms with Crippen LogP contribution in [0.15, 0.2) is 24.3 Å². The number of piperidine rings is 1. The monoisotopic (exact) mass is 245 g/mol. The molecule has 0 aliphatic carbocycles. The van der Waals surface area contributed by atoms with Gasteiger partial charge in [0.25, 0.3) is 0 Å². The molecule has 0 N–H and O–H groups in total. The number of para-hydroxylation sites is 1. The van der Waals surface area contributed by atoms with Crippen molar-refractivity contribution >= 4 is 5.78 Å². The predicted molar refractivity (Wildman–Crippen MR) is 70.0 cm³/mol. The first kappa shape index (κ1) is 11.7. The first-order valence-corrected chi connectivity index (χ1v) is 6.71. The number of fused-ring (bicyclic) bond motifs is 1. The number of carbonyl (C=O) groups excluding carboxylic acids is 1. The molecular weight excluding hydrogens is 226 g/mol. The molecule has 2 aliphatic heterocycles. The molecule has 3 rings (SSSR count). The van der Waals surface area contributed by atoms with Crippen molar-refractivity contribution in [2.75, 3.05) is 20.1 Å². The van der Waals surface area contributed by atoms with Crippen LogP contribution >= 0.6 is 0 Å². The van der Waals surface area contributed by atoms with Crippen LogP contribution in [0.1, 0.15) is 29.6 Å². The van der Waals surface area contributed by atoms with Gasteiger partial charge >= 0.3 is 0 Å². The van der Waals surface area contributed by atoms with Crippen molar-refractivity contribution in [1.29, 1.82) is 0 Å². The van der Waals surface area contributed by atoms with Gasteiger partial charge in [-0.05, 0) is 51.0 Å². The summed E-state index contributed by atoms with van der Waals surface area (Å²) in [4.78, 5) is 14.5. The normalized spacial score (nSPS) is 25.6. The van der Waals surface area contributed by atoms with Gasteiger partial charge in [-0.1, -0.05) is 12.1 Å². The Balaban J connectivity index is 1.76. The Kier molecular flexibility index (Phi) is 3.08. The van der Waals surface area contributed by atoms with Crippen LogP contribution in [0.25, 0.3) is 0 Å². The third-order valence-electron chi connectivity index (χ3n) is 4.14. The Morgan fingerprint density at radius 1 is 1.22 bits per heavy atom. The van der Waals surface area contributed by atoms with Crippen LogP contribution in [0, 0.1) is 5.92 Å². The molecule has 0 amide bonds. The molecule has 2 aliphatic rings. The van der Waals surface area contributed by atoms with Gasteiger partial charge in [-0.25, -0.2) is 0 Å². The van der Waals surface area contributed by atoms with Crippen LogP contribution in [0.5, 0.6) is 5.75 Å². The molecule has 0 bridgehead atoms. The van der Waals surface area contributed by atoms with Gasteiger partial charge in [0, 0.05) is 6.42 Å². The van der Waals surface area contributed by atoms with Gasteiger partial charge in [-0.2, -0.15) is 0 Å². The highest BCUT2D eigenvalue weighted by Gasteiger charge is 2.33. The number of likely N-dealkylation sites (tertiary alicyclic amines) is 1. The maximum atomic E-state index is 12.1. The molecule has 2 heterocycles. The Hall–Kier alpha value is -1.35. The number of ether oxygens (including phenoxy) is 1. The number of rotatable bonds is 1. The van der Waals surface area contributed by atoms with Crippen molar-refractivity contribution < 1.29 is 9.53 Å². The smallest absolute Gasteiger partial charge is 0.170 e. The number of carbonyl (C=O) groups is 1. The largest absolute Gasteiger partial charge is 0.489 e. The summed E-state index contributed by atoms with van der Waals surface area (Å²) in [5.41, 5.74) is 0.752. The maximum Gasteiger partial charge on any atom is 0.170 e. The van der Waals surface area contributed by atoms with Gasteiger partial charge in [0.2, 0.25) is 0 Å². The number of Topliss-reactive ketones (excluding diaryl/α,β-unsaturated/α-hetero) is 1. The van der Waals surface area contributed by atoms with Crippen molar-refractivity contribution in [3.63, 3.8) is 0 Å². The number of nitrogens with zero attached hydrogens (tertiary/aromatic N) is 1. The zero-order valence-corrected chi connectivity index (χ0v) is 10.8. The van der Waals surface area contributed by atoms with Crippen LogP contribution in [0.2, 0.25) is 0 Å². The molecule has 1 aromatic rings. The van der Waals surface area contributed by atoms with E-state index >= 15 is 0 Å². The topological polar surface area (TPSA) is 29.5 Å². The van der Waals surface area contributed by atoms with Crippen molar-refractivity contribution in [3.8, 4) is 5.75 Å². The lowest BCUT2D eigenvalue weighted by Crippen LogP contribution is -2.40. The second-order valence-electron chi connectivity index (χ2n) is 5.42. The highest BCUT2D eigenvalue weighted by molar-refractivity contribution is 5.99. The van der Waals surface area contributed by atoms with Crippen LogP contribution in [0.3, 0.4) is 0 Å². The molecule has 3 heteroatoms. The molecule has 1 aromatic carbocycles. The number of hydrogen-bond acceptors (Lipinski definition) is 3. The second-order valence-corrected chi connectivity index (χ2v) is 5.42. The summed E-state index contributed by atoms with van der Waals surface area (Å²) < 4.78 is 6.04. The third-order valence-corrected chi connectivity index (χ3v) is 4.14. The minimum absolute atomic E-state index is 0.0844. The van der Waals surface area contributed by atoms with E-state index in [0.717, 1.165) is 37.2 Å². The highest BCUT2D eigenvalue weighted by Crippen LogP contribution is 2.33. The lowest BCUT2D eigenvalue weighted by Gasteiger charge is -2.36. The molecule has 18 heavy (non-hydrogen) atoms. The average molecular weight is 245 g/mol. The van der Waals surface area contributed by atoms with Crippen molar-refractivity contribution in [2.45, 2.75) is 25.4 Å². The van der Waals surface area contributed by atoms with E-state index < -0.39 is 0 Å². The molecule has 0 aromatic heterocycles. The fourth-order valence-corrected chi connectivity index (χ4v) is 2.96. The molecule has 96 valence electrons. The third kappa shape index (κ3) is 2.15. The molecule has 1 fully saturated rings. The summed E-state index contributed by atoms with van der Waals surface area (Å²) in [6.07, 6.45) is 2.90. The van der Waals surface area contributed by atoms with Gasteiger partial charge in [0.1, 0.15) is 11.9 Å². The van der Waals surface area contributed by atoms with Crippen molar-refractivity contribution in [1.82, 2.24) is 4.90 Å². The van der Waals surface area contributed by atoms with Crippen molar-refractivity contribution in [3.05, 3.63) is 29.8 Å².